The molecule has 2 heterocycles. The molecule has 0 radical (unpaired) electrons. The zero-order chi connectivity index (χ0) is 17.8. The van der Waals surface area contributed by atoms with Crippen molar-refractivity contribution in [1.29, 1.82) is 0 Å². The Labute approximate surface area is 146 Å². The predicted octanol–water partition coefficient (Wildman–Crippen LogP) is 1.42. The van der Waals surface area contributed by atoms with Gasteiger partial charge in [0, 0.05) is 45.8 Å². The highest BCUT2D eigenvalue weighted by molar-refractivity contribution is 6.04. The summed E-state index contributed by atoms with van der Waals surface area (Å²) in [6.07, 6.45) is 0. The number of carbonyl (C=O) groups excluding carboxylic acids is 2. The van der Waals surface area contributed by atoms with Gasteiger partial charge in [-0.15, -0.1) is 10.2 Å². The minimum atomic E-state index is -0.202. The lowest BCUT2D eigenvalue weighted by Gasteiger charge is -2.34. The topological polar surface area (TPSA) is 69.6 Å². The van der Waals surface area contributed by atoms with Crippen molar-refractivity contribution >= 4 is 23.3 Å². The number of nitrogens with zero attached hydrogens (tertiary/aromatic N) is 5. The van der Waals surface area contributed by atoms with E-state index in [1.54, 1.807) is 24.9 Å². The van der Waals surface area contributed by atoms with Gasteiger partial charge in [-0.3, -0.25) is 9.59 Å². The fourth-order valence-electron chi connectivity index (χ4n) is 2.80. The summed E-state index contributed by atoms with van der Waals surface area (Å²) in [5, 5.41) is 8.29. The quantitative estimate of drug-likeness (QED) is 0.846. The van der Waals surface area contributed by atoms with E-state index in [1.165, 1.54) is 0 Å². The van der Waals surface area contributed by atoms with Crippen LogP contribution in [0, 0.1) is 0 Å². The lowest BCUT2D eigenvalue weighted by molar-refractivity contribution is -0.129. The number of benzene rings is 1. The third-order valence-corrected chi connectivity index (χ3v) is 4.37. The fraction of sp³-hybridized carbons (Fsp3) is 0.333. The molecule has 25 heavy (non-hydrogen) atoms. The van der Waals surface area contributed by atoms with Crippen molar-refractivity contribution in [2.75, 3.05) is 43.0 Å². The number of rotatable bonds is 3. The van der Waals surface area contributed by atoms with E-state index in [9.17, 15) is 9.59 Å². The van der Waals surface area contributed by atoms with Crippen LogP contribution in [0.3, 0.4) is 0 Å². The Kier molecular flexibility index (Phi) is 4.92. The van der Waals surface area contributed by atoms with Crippen LogP contribution in [-0.4, -0.2) is 60.1 Å². The summed E-state index contributed by atoms with van der Waals surface area (Å²) >= 11 is 0. The van der Waals surface area contributed by atoms with Crippen molar-refractivity contribution in [2.45, 2.75) is 6.92 Å². The fourth-order valence-corrected chi connectivity index (χ4v) is 2.80. The van der Waals surface area contributed by atoms with E-state index in [2.05, 4.69) is 15.1 Å². The monoisotopic (exact) mass is 339 g/mol. The van der Waals surface area contributed by atoms with Gasteiger partial charge in [-0.25, -0.2) is 0 Å². The third-order valence-electron chi connectivity index (χ3n) is 4.37. The van der Waals surface area contributed by atoms with Crippen LogP contribution in [0.1, 0.15) is 17.4 Å². The summed E-state index contributed by atoms with van der Waals surface area (Å²) in [7, 11) is 1.72. The van der Waals surface area contributed by atoms with Crippen molar-refractivity contribution < 1.29 is 9.59 Å². The van der Waals surface area contributed by atoms with Crippen molar-refractivity contribution in [3.63, 3.8) is 0 Å². The van der Waals surface area contributed by atoms with Crippen molar-refractivity contribution in [3.8, 4) is 0 Å². The maximum Gasteiger partial charge on any atom is 0.278 e. The molecular formula is C18H21N5O2. The Morgan fingerprint density at radius 1 is 0.960 bits per heavy atom. The normalized spacial score (nSPS) is 14.3. The molecule has 0 saturated carbocycles. The molecule has 3 rings (SSSR count). The van der Waals surface area contributed by atoms with E-state index in [-0.39, 0.29) is 11.8 Å². The maximum absolute atomic E-state index is 12.5. The minimum absolute atomic E-state index is 0.0932. The number of aromatic nitrogens is 2. The first-order valence-corrected chi connectivity index (χ1v) is 8.23. The highest BCUT2D eigenvalue weighted by atomic mass is 16.2. The molecule has 1 saturated heterocycles. The molecule has 2 aromatic rings. The molecule has 1 fully saturated rings. The number of amides is 2. The second kappa shape index (κ2) is 7.29. The molecule has 0 unspecified atom stereocenters. The van der Waals surface area contributed by atoms with Gasteiger partial charge in [0.1, 0.15) is 0 Å². The molecule has 7 heteroatoms. The van der Waals surface area contributed by atoms with Crippen molar-refractivity contribution in [1.82, 2.24) is 15.1 Å². The molecule has 0 bridgehead atoms. The summed E-state index contributed by atoms with van der Waals surface area (Å²) in [5.74, 6) is 0.615. The Bertz CT molecular complexity index is 740. The zero-order valence-electron chi connectivity index (χ0n) is 14.4. The van der Waals surface area contributed by atoms with Crippen LogP contribution < -0.4 is 9.80 Å². The van der Waals surface area contributed by atoms with E-state index in [4.69, 9.17) is 0 Å². The lowest BCUT2D eigenvalue weighted by atomic mass is 10.2. The van der Waals surface area contributed by atoms with E-state index in [0.29, 0.717) is 31.9 Å². The zero-order valence-corrected chi connectivity index (χ0v) is 14.4. The average molecular weight is 339 g/mol. The molecule has 0 spiro atoms. The predicted molar refractivity (Wildman–Crippen MR) is 95.7 cm³/mol. The van der Waals surface area contributed by atoms with Gasteiger partial charge in [-0.2, -0.15) is 0 Å². The number of para-hydroxylation sites is 1. The van der Waals surface area contributed by atoms with Gasteiger partial charge in [-0.05, 0) is 24.3 Å². The first kappa shape index (κ1) is 16.9. The second-order valence-corrected chi connectivity index (χ2v) is 5.97. The van der Waals surface area contributed by atoms with E-state index >= 15 is 0 Å². The van der Waals surface area contributed by atoms with E-state index in [0.717, 1.165) is 11.5 Å². The van der Waals surface area contributed by atoms with Gasteiger partial charge in [0.25, 0.3) is 5.91 Å². The highest BCUT2D eigenvalue weighted by Gasteiger charge is 2.21. The molecule has 0 aliphatic carbocycles. The van der Waals surface area contributed by atoms with Gasteiger partial charge in [-0.1, -0.05) is 18.2 Å². The van der Waals surface area contributed by atoms with Crippen LogP contribution in [0.2, 0.25) is 0 Å². The van der Waals surface area contributed by atoms with Gasteiger partial charge in [0.15, 0.2) is 11.5 Å². The van der Waals surface area contributed by atoms with Gasteiger partial charge in [0.2, 0.25) is 5.91 Å². The van der Waals surface area contributed by atoms with Gasteiger partial charge in [0.05, 0.1) is 0 Å². The Morgan fingerprint density at radius 3 is 2.20 bits per heavy atom. The standard InChI is InChI=1S/C18H21N5O2/c1-14(24)22-10-12-23(13-11-22)17-9-8-16(19-20-17)18(25)21(2)15-6-4-3-5-7-15/h3-9H,10-13H2,1-2H3. The van der Waals surface area contributed by atoms with Crippen LogP contribution in [-0.2, 0) is 4.79 Å². The molecule has 7 nitrogen and oxygen atoms in total. The summed E-state index contributed by atoms with van der Waals surface area (Å²) < 4.78 is 0. The first-order chi connectivity index (χ1) is 12.1. The van der Waals surface area contributed by atoms with Crippen LogP contribution in [0.4, 0.5) is 11.5 Å². The smallest absolute Gasteiger partial charge is 0.278 e. The maximum atomic E-state index is 12.5. The molecule has 1 aromatic carbocycles. The number of hydrogen-bond acceptors (Lipinski definition) is 5. The van der Waals surface area contributed by atoms with E-state index < -0.39 is 0 Å². The molecule has 2 amide bonds. The second-order valence-electron chi connectivity index (χ2n) is 5.97. The van der Waals surface area contributed by atoms with Crippen molar-refractivity contribution in [2.24, 2.45) is 0 Å². The lowest BCUT2D eigenvalue weighted by Crippen LogP contribution is -2.48. The van der Waals surface area contributed by atoms with Crippen LogP contribution in [0.5, 0.6) is 0 Å². The number of anilines is 2. The van der Waals surface area contributed by atoms with Crippen LogP contribution >= 0.6 is 0 Å². The number of carbonyl (C=O) groups is 2. The molecule has 0 atom stereocenters. The molecule has 1 aliphatic rings. The SMILES string of the molecule is CC(=O)N1CCN(c2ccc(C(=O)N(C)c3ccccc3)nn2)CC1. The summed E-state index contributed by atoms with van der Waals surface area (Å²) in [6, 6.07) is 12.9. The van der Waals surface area contributed by atoms with Crippen molar-refractivity contribution in [3.05, 3.63) is 48.2 Å². The summed E-state index contributed by atoms with van der Waals surface area (Å²) in [5.41, 5.74) is 1.11. The largest absolute Gasteiger partial charge is 0.352 e. The molecular weight excluding hydrogens is 318 g/mol. The Morgan fingerprint density at radius 2 is 1.64 bits per heavy atom. The Hall–Kier alpha value is -2.96. The van der Waals surface area contributed by atoms with Gasteiger partial charge >= 0.3 is 0 Å². The number of hydrogen-bond donors (Lipinski definition) is 0. The molecule has 0 N–H and O–H groups in total. The molecule has 1 aromatic heterocycles. The average Bonchev–Trinajstić information content (AvgIpc) is 2.67. The van der Waals surface area contributed by atoms with Gasteiger partial charge < -0.3 is 14.7 Å². The molecule has 130 valence electrons. The summed E-state index contributed by atoms with van der Waals surface area (Å²) in [4.78, 5) is 29.3. The minimum Gasteiger partial charge on any atom is -0.352 e. The Balaban J connectivity index is 1.66. The summed E-state index contributed by atoms with van der Waals surface area (Å²) in [6.45, 7) is 4.36. The number of piperazine rings is 1. The highest BCUT2D eigenvalue weighted by Crippen LogP contribution is 2.16. The first-order valence-electron chi connectivity index (χ1n) is 8.23. The van der Waals surface area contributed by atoms with E-state index in [1.807, 2.05) is 41.3 Å². The molecule has 1 aliphatic heterocycles. The van der Waals surface area contributed by atoms with Crippen LogP contribution in [0.25, 0.3) is 0 Å². The van der Waals surface area contributed by atoms with Crippen LogP contribution in [0.15, 0.2) is 42.5 Å². The third kappa shape index (κ3) is 3.76.